The number of nitrogens with two attached hydrogens (primary N) is 1. The minimum Gasteiger partial charge on any atom is -0.496 e. The molecule has 0 fully saturated rings. The fourth-order valence-corrected chi connectivity index (χ4v) is 2.34. The normalized spacial score (nSPS) is 11.8. The lowest BCUT2D eigenvalue weighted by Crippen LogP contribution is -2.27. The van der Waals surface area contributed by atoms with Crippen molar-refractivity contribution in [3.05, 3.63) is 58.1 Å². The number of nitrogens with one attached hydrogen (secondary N) is 1. The van der Waals surface area contributed by atoms with Crippen molar-refractivity contribution in [2.45, 2.75) is 13.0 Å². The molecule has 0 aliphatic rings. The van der Waals surface area contributed by atoms with Crippen LogP contribution in [0.25, 0.3) is 0 Å². The Bertz CT molecular complexity index is 641. The SMILES string of the molecule is COc1cc(Br)ccc1C(=O)NC(C)c1ccc(N)cc1. The van der Waals surface area contributed by atoms with Gasteiger partial charge in [-0.25, -0.2) is 0 Å². The van der Waals surface area contributed by atoms with E-state index in [0.29, 0.717) is 17.0 Å². The van der Waals surface area contributed by atoms with Crippen molar-refractivity contribution in [3.63, 3.8) is 0 Å². The summed E-state index contributed by atoms with van der Waals surface area (Å²) in [7, 11) is 1.54. The van der Waals surface area contributed by atoms with E-state index in [1.54, 1.807) is 19.2 Å². The third-order valence-corrected chi connectivity index (χ3v) is 3.69. The fourth-order valence-electron chi connectivity index (χ4n) is 2.00. The summed E-state index contributed by atoms with van der Waals surface area (Å²) in [5, 5.41) is 2.95. The second kappa shape index (κ2) is 6.63. The summed E-state index contributed by atoms with van der Waals surface area (Å²) in [6.45, 7) is 1.93. The number of nitrogen functional groups attached to an aromatic ring is 1. The van der Waals surface area contributed by atoms with Gasteiger partial charge < -0.3 is 15.8 Å². The van der Waals surface area contributed by atoms with Crippen LogP contribution in [0.3, 0.4) is 0 Å². The molecule has 2 aromatic carbocycles. The van der Waals surface area contributed by atoms with Crippen molar-refractivity contribution in [2.24, 2.45) is 0 Å². The van der Waals surface area contributed by atoms with Crippen LogP contribution < -0.4 is 15.8 Å². The summed E-state index contributed by atoms with van der Waals surface area (Å²) in [5.41, 5.74) is 7.86. The van der Waals surface area contributed by atoms with Crippen LogP contribution in [0.1, 0.15) is 28.9 Å². The first kappa shape index (κ1) is 15.4. The lowest BCUT2D eigenvalue weighted by Gasteiger charge is -2.16. The van der Waals surface area contributed by atoms with Crippen LogP contribution in [0.4, 0.5) is 5.69 Å². The van der Waals surface area contributed by atoms with Gasteiger partial charge in [-0.1, -0.05) is 28.1 Å². The molecule has 1 amide bonds. The van der Waals surface area contributed by atoms with E-state index in [1.165, 1.54) is 0 Å². The highest BCUT2D eigenvalue weighted by Crippen LogP contribution is 2.24. The highest BCUT2D eigenvalue weighted by molar-refractivity contribution is 9.10. The first-order valence-electron chi connectivity index (χ1n) is 6.51. The smallest absolute Gasteiger partial charge is 0.255 e. The van der Waals surface area contributed by atoms with Crippen molar-refractivity contribution in [3.8, 4) is 5.75 Å². The Hall–Kier alpha value is -2.01. The molecular weight excluding hydrogens is 332 g/mol. The zero-order valence-electron chi connectivity index (χ0n) is 11.9. The molecule has 1 unspecified atom stereocenters. The number of benzene rings is 2. The van der Waals surface area contributed by atoms with Crippen molar-refractivity contribution in [1.82, 2.24) is 5.32 Å². The molecule has 0 heterocycles. The number of carbonyl (C=O) groups excluding carboxylic acids is 1. The fraction of sp³-hybridized carbons (Fsp3) is 0.188. The molecule has 5 heteroatoms. The molecule has 0 saturated heterocycles. The van der Waals surface area contributed by atoms with Gasteiger partial charge in [0.1, 0.15) is 5.75 Å². The quantitative estimate of drug-likeness (QED) is 0.830. The second-order valence-electron chi connectivity index (χ2n) is 4.71. The lowest BCUT2D eigenvalue weighted by molar-refractivity contribution is 0.0937. The third-order valence-electron chi connectivity index (χ3n) is 3.19. The van der Waals surface area contributed by atoms with Crippen molar-refractivity contribution >= 4 is 27.5 Å². The van der Waals surface area contributed by atoms with E-state index in [-0.39, 0.29) is 11.9 Å². The van der Waals surface area contributed by atoms with E-state index in [0.717, 1.165) is 10.0 Å². The zero-order valence-corrected chi connectivity index (χ0v) is 13.5. The number of halogens is 1. The average molecular weight is 349 g/mol. The van der Waals surface area contributed by atoms with Gasteiger partial charge in [-0.15, -0.1) is 0 Å². The van der Waals surface area contributed by atoms with Crippen molar-refractivity contribution in [2.75, 3.05) is 12.8 Å². The number of hydrogen-bond acceptors (Lipinski definition) is 3. The van der Waals surface area contributed by atoms with E-state index in [1.807, 2.05) is 37.3 Å². The predicted octanol–water partition coefficient (Wildman–Crippen LogP) is 3.53. The van der Waals surface area contributed by atoms with E-state index in [2.05, 4.69) is 21.2 Å². The lowest BCUT2D eigenvalue weighted by atomic mass is 10.1. The van der Waals surface area contributed by atoms with Crippen LogP contribution in [-0.4, -0.2) is 13.0 Å². The molecule has 3 N–H and O–H groups in total. The molecule has 0 radical (unpaired) electrons. The van der Waals surface area contributed by atoms with E-state index in [9.17, 15) is 4.79 Å². The van der Waals surface area contributed by atoms with Gasteiger partial charge >= 0.3 is 0 Å². The number of rotatable bonds is 4. The molecular formula is C16H17BrN2O2. The Kier molecular flexibility index (Phi) is 4.85. The van der Waals surface area contributed by atoms with Gasteiger partial charge in [-0.05, 0) is 42.8 Å². The van der Waals surface area contributed by atoms with Crippen LogP contribution in [0, 0.1) is 0 Å². The molecule has 4 nitrogen and oxygen atoms in total. The monoisotopic (exact) mass is 348 g/mol. The molecule has 2 aromatic rings. The Morgan fingerprint density at radius 3 is 2.52 bits per heavy atom. The Balaban J connectivity index is 2.16. The Labute approximate surface area is 132 Å². The summed E-state index contributed by atoms with van der Waals surface area (Å²) < 4.78 is 6.11. The largest absolute Gasteiger partial charge is 0.496 e. The standard InChI is InChI=1S/C16H17BrN2O2/c1-10(11-3-6-13(18)7-4-11)19-16(20)14-8-5-12(17)9-15(14)21-2/h3-10H,18H2,1-2H3,(H,19,20). The first-order valence-corrected chi connectivity index (χ1v) is 7.30. The van der Waals surface area contributed by atoms with Gasteiger partial charge in [0, 0.05) is 10.2 Å². The molecule has 0 bridgehead atoms. The molecule has 1 atom stereocenters. The van der Waals surface area contributed by atoms with Gasteiger partial charge in [-0.3, -0.25) is 4.79 Å². The average Bonchev–Trinajstić information content (AvgIpc) is 2.47. The number of carbonyl (C=O) groups is 1. The van der Waals surface area contributed by atoms with Crippen LogP contribution >= 0.6 is 15.9 Å². The zero-order chi connectivity index (χ0) is 15.4. The van der Waals surface area contributed by atoms with Crippen molar-refractivity contribution in [1.29, 1.82) is 0 Å². The topological polar surface area (TPSA) is 64.3 Å². The number of anilines is 1. The molecule has 0 aromatic heterocycles. The molecule has 0 aliphatic heterocycles. The summed E-state index contributed by atoms with van der Waals surface area (Å²) in [6.07, 6.45) is 0. The number of methoxy groups -OCH3 is 1. The second-order valence-corrected chi connectivity index (χ2v) is 5.62. The van der Waals surface area contributed by atoms with Gasteiger partial charge in [0.05, 0.1) is 18.7 Å². The maximum absolute atomic E-state index is 12.4. The summed E-state index contributed by atoms with van der Waals surface area (Å²) >= 11 is 3.36. The summed E-state index contributed by atoms with van der Waals surface area (Å²) in [5.74, 6) is 0.357. The Morgan fingerprint density at radius 2 is 1.90 bits per heavy atom. The maximum atomic E-state index is 12.4. The molecule has 0 aliphatic carbocycles. The highest BCUT2D eigenvalue weighted by atomic mass is 79.9. The van der Waals surface area contributed by atoms with Crippen LogP contribution in [0.2, 0.25) is 0 Å². The molecule has 0 saturated carbocycles. The van der Waals surface area contributed by atoms with E-state index >= 15 is 0 Å². The number of hydrogen-bond donors (Lipinski definition) is 2. The molecule has 2 rings (SSSR count). The van der Waals surface area contributed by atoms with Crippen LogP contribution in [-0.2, 0) is 0 Å². The minimum absolute atomic E-state index is 0.119. The van der Waals surface area contributed by atoms with Gasteiger partial charge in [-0.2, -0.15) is 0 Å². The number of ether oxygens (including phenoxy) is 1. The summed E-state index contributed by atoms with van der Waals surface area (Å²) in [4.78, 5) is 12.4. The van der Waals surface area contributed by atoms with Crippen molar-refractivity contribution < 1.29 is 9.53 Å². The highest BCUT2D eigenvalue weighted by Gasteiger charge is 2.15. The molecule has 110 valence electrons. The first-order chi connectivity index (χ1) is 10.0. The van der Waals surface area contributed by atoms with Crippen LogP contribution in [0.5, 0.6) is 5.75 Å². The minimum atomic E-state index is -0.177. The van der Waals surface area contributed by atoms with Gasteiger partial charge in [0.15, 0.2) is 0 Å². The van der Waals surface area contributed by atoms with Gasteiger partial charge in [0.2, 0.25) is 0 Å². The van der Waals surface area contributed by atoms with Crippen LogP contribution in [0.15, 0.2) is 46.9 Å². The Morgan fingerprint density at radius 1 is 1.24 bits per heavy atom. The van der Waals surface area contributed by atoms with Gasteiger partial charge in [0.25, 0.3) is 5.91 Å². The van der Waals surface area contributed by atoms with E-state index in [4.69, 9.17) is 10.5 Å². The molecule has 0 spiro atoms. The predicted molar refractivity (Wildman–Crippen MR) is 87.4 cm³/mol. The molecule has 21 heavy (non-hydrogen) atoms. The van der Waals surface area contributed by atoms with E-state index < -0.39 is 0 Å². The number of amides is 1. The third kappa shape index (κ3) is 3.76. The summed E-state index contributed by atoms with van der Waals surface area (Å²) in [6, 6.07) is 12.6. The maximum Gasteiger partial charge on any atom is 0.255 e.